The minimum atomic E-state index is -0.898. The molecule has 3 rings (SSSR count). The molecule has 1 aliphatic heterocycles. The summed E-state index contributed by atoms with van der Waals surface area (Å²) in [5.41, 5.74) is 0. The Kier molecular flexibility index (Phi) is 3.60. The summed E-state index contributed by atoms with van der Waals surface area (Å²) in [7, 11) is 0. The molecule has 1 aliphatic rings. The van der Waals surface area contributed by atoms with E-state index in [9.17, 15) is 8.78 Å². The molecule has 0 radical (unpaired) electrons. The van der Waals surface area contributed by atoms with Gasteiger partial charge >= 0.3 is 0 Å². The van der Waals surface area contributed by atoms with Crippen LogP contribution in [0.15, 0.2) is 28.8 Å². The Morgan fingerprint density at radius 1 is 1.40 bits per heavy atom. The fraction of sp³-hybridized carbons (Fsp3) is 0.385. The van der Waals surface area contributed by atoms with Crippen molar-refractivity contribution in [3.63, 3.8) is 0 Å². The maximum atomic E-state index is 13.3. The van der Waals surface area contributed by atoms with Gasteiger partial charge in [0.05, 0.1) is 6.04 Å². The highest BCUT2D eigenvalue weighted by Gasteiger charge is 2.29. The van der Waals surface area contributed by atoms with Gasteiger partial charge < -0.3 is 14.6 Å². The first-order chi connectivity index (χ1) is 9.72. The van der Waals surface area contributed by atoms with Gasteiger partial charge in [0.2, 0.25) is 11.7 Å². The molecule has 0 bridgehead atoms. The highest BCUT2D eigenvalue weighted by atomic mass is 19.1. The van der Waals surface area contributed by atoms with E-state index >= 15 is 0 Å². The molecule has 1 aromatic carbocycles. The molecule has 0 unspecified atom stereocenters. The molecule has 1 N–H and O–H groups in total. The Morgan fingerprint density at radius 2 is 2.25 bits per heavy atom. The minimum absolute atomic E-state index is 0.00376. The maximum absolute atomic E-state index is 13.3. The second-order valence-electron chi connectivity index (χ2n) is 4.56. The van der Waals surface area contributed by atoms with Crippen molar-refractivity contribution in [2.24, 2.45) is 0 Å². The lowest BCUT2D eigenvalue weighted by Crippen LogP contribution is -2.14. The average Bonchev–Trinajstić information content (AvgIpc) is 3.06. The molecule has 0 aliphatic carbocycles. The highest BCUT2D eigenvalue weighted by Crippen LogP contribution is 2.24. The van der Waals surface area contributed by atoms with Crippen molar-refractivity contribution in [1.82, 2.24) is 15.5 Å². The Hall–Kier alpha value is -2.02. The van der Waals surface area contributed by atoms with E-state index in [1.54, 1.807) is 12.1 Å². The summed E-state index contributed by atoms with van der Waals surface area (Å²) in [4.78, 5) is 4.12. The van der Waals surface area contributed by atoms with Gasteiger partial charge in [0.1, 0.15) is 6.17 Å². The molecule has 0 spiro atoms. The molecule has 1 fully saturated rings. The molecule has 2 aromatic rings. The van der Waals surface area contributed by atoms with E-state index < -0.39 is 12.0 Å². The Morgan fingerprint density at radius 3 is 3.00 bits per heavy atom. The fourth-order valence-corrected chi connectivity index (χ4v) is 2.05. The second-order valence-corrected chi connectivity index (χ2v) is 4.56. The molecular weight excluding hydrogens is 268 g/mol. The summed E-state index contributed by atoms with van der Waals surface area (Å²) in [6, 6.07) is 5.81. The van der Waals surface area contributed by atoms with Gasteiger partial charge in [-0.3, -0.25) is 0 Å². The van der Waals surface area contributed by atoms with Crippen LogP contribution >= 0.6 is 0 Å². The van der Waals surface area contributed by atoms with Crippen LogP contribution in [0.4, 0.5) is 8.78 Å². The average molecular weight is 281 g/mol. The summed E-state index contributed by atoms with van der Waals surface area (Å²) in [6.45, 7) is 0.282. The topological polar surface area (TPSA) is 60.2 Å². The summed E-state index contributed by atoms with van der Waals surface area (Å²) >= 11 is 0. The number of benzene rings is 1. The van der Waals surface area contributed by atoms with E-state index in [1.165, 1.54) is 12.1 Å². The van der Waals surface area contributed by atoms with E-state index in [2.05, 4.69) is 15.5 Å². The number of nitrogens with one attached hydrogen (secondary N) is 1. The van der Waals surface area contributed by atoms with Crippen LogP contribution in [0.25, 0.3) is 0 Å². The van der Waals surface area contributed by atoms with Crippen molar-refractivity contribution in [2.75, 3.05) is 6.54 Å². The summed E-state index contributed by atoms with van der Waals surface area (Å²) in [6.07, 6.45) is -0.583. The molecule has 5 nitrogen and oxygen atoms in total. The maximum Gasteiger partial charge on any atom is 0.244 e. The second kappa shape index (κ2) is 5.54. The molecule has 1 aromatic heterocycles. The van der Waals surface area contributed by atoms with Gasteiger partial charge in [0.15, 0.2) is 18.2 Å². The van der Waals surface area contributed by atoms with Crippen molar-refractivity contribution in [3.8, 4) is 5.75 Å². The number of para-hydroxylation sites is 1. The first-order valence-electron chi connectivity index (χ1n) is 6.29. The van der Waals surface area contributed by atoms with Gasteiger partial charge in [-0.05, 0) is 12.1 Å². The molecule has 1 saturated heterocycles. The summed E-state index contributed by atoms with van der Waals surface area (Å²) in [5.74, 6) is 0.306. The standard InChI is InChI=1S/C13H13F2N3O2/c14-8-5-10(16-6-8)13-17-12(18-20-13)7-19-11-4-2-1-3-9(11)15/h1-4,8,10,16H,5-7H2/t8-,10+/m0/s1. The number of aromatic nitrogens is 2. The van der Waals surface area contributed by atoms with Gasteiger partial charge in [-0.25, -0.2) is 8.78 Å². The van der Waals surface area contributed by atoms with E-state index in [1.807, 2.05) is 0 Å². The normalized spacial score (nSPS) is 22.1. The van der Waals surface area contributed by atoms with Crippen LogP contribution in [0.5, 0.6) is 5.75 Å². The van der Waals surface area contributed by atoms with E-state index in [0.717, 1.165) is 0 Å². The number of rotatable bonds is 4. The number of halogens is 2. The van der Waals surface area contributed by atoms with Crippen molar-refractivity contribution in [3.05, 3.63) is 41.8 Å². The van der Waals surface area contributed by atoms with Gasteiger partial charge in [-0.15, -0.1) is 0 Å². The quantitative estimate of drug-likeness (QED) is 0.930. The lowest BCUT2D eigenvalue weighted by atomic mass is 10.2. The first-order valence-corrected chi connectivity index (χ1v) is 6.29. The molecule has 2 atom stereocenters. The molecular formula is C13H13F2N3O2. The highest BCUT2D eigenvalue weighted by molar-refractivity contribution is 5.23. The Bertz CT molecular complexity index is 591. The number of ether oxygens (including phenoxy) is 1. The Balaban J connectivity index is 1.62. The number of alkyl halides is 1. The number of hydrogen-bond donors (Lipinski definition) is 1. The van der Waals surface area contributed by atoms with E-state index in [-0.39, 0.29) is 24.9 Å². The minimum Gasteiger partial charge on any atom is -0.482 e. The zero-order valence-electron chi connectivity index (χ0n) is 10.6. The molecule has 20 heavy (non-hydrogen) atoms. The predicted octanol–water partition coefficient (Wildman–Crippen LogP) is 2.16. The van der Waals surface area contributed by atoms with Gasteiger partial charge in [-0.2, -0.15) is 4.98 Å². The summed E-state index contributed by atoms with van der Waals surface area (Å²) < 4.78 is 36.7. The van der Waals surface area contributed by atoms with Crippen molar-refractivity contribution in [2.45, 2.75) is 25.2 Å². The summed E-state index contributed by atoms with van der Waals surface area (Å²) in [5, 5.41) is 6.68. The van der Waals surface area contributed by atoms with Crippen LogP contribution in [-0.2, 0) is 6.61 Å². The van der Waals surface area contributed by atoms with Crippen molar-refractivity contribution in [1.29, 1.82) is 0 Å². The zero-order chi connectivity index (χ0) is 13.9. The van der Waals surface area contributed by atoms with Crippen LogP contribution in [0.2, 0.25) is 0 Å². The molecule has 2 heterocycles. The van der Waals surface area contributed by atoms with Crippen LogP contribution in [0.1, 0.15) is 24.2 Å². The van der Waals surface area contributed by atoms with Crippen LogP contribution in [0, 0.1) is 5.82 Å². The van der Waals surface area contributed by atoms with Crippen LogP contribution < -0.4 is 10.1 Å². The van der Waals surface area contributed by atoms with Crippen LogP contribution in [0.3, 0.4) is 0 Å². The lowest BCUT2D eigenvalue weighted by Gasteiger charge is -2.03. The SMILES string of the molecule is Fc1ccccc1OCc1noc([C@H]2C[C@H](F)CN2)n1. The lowest BCUT2D eigenvalue weighted by molar-refractivity contribution is 0.271. The third kappa shape index (κ3) is 2.77. The predicted molar refractivity (Wildman–Crippen MR) is 65.3 cm³/mol. The molecule has 0 amide bonds. The fourth-order valence-electron chi connectivity index (χ4n) is 2.05. The van der Waals surface area contributed by atoms with Gasteiger partial charge in [0.25, 0.3) is 0 Å². The molecule has 106 valence electrons. The van der Waals surface area contributed by atoms with Crippen LogP contribution in [-0.4, -0.2) is 22.9 Å². The molecule has 7 heteroatoms. The van der Waals surface area contributed by atoms with Gasteiger partial charge in [-0.1, -0.05) is 17.3 Å². The van der Waals surface area contributed by atoms with E-state index in [4.69, 9.17) is 9.26 Å². The van der Waals surface area contributed by atoms with Gasteiger partial charge in [0, 0.05) is 13.0 Å². The smallest absolute Gasteiger partial charge is 0.244 e. The van der Waals surface area contributed by atoms with E-state index in [0.29, 0.717) is 18.1 Å². The number of nitrogens with zero attached hydrogens (tertiary/aromatic N) is 2. The van der Waals surface area contributed by atoms with Crippen molar-refractivity contribution < 1.29 is 18.0 Å². The zero-order valence-corrected chi connectivity index (χ0v) is 10.6. The van der Waals surface area contributed by atoms with Crippen molar-refractivity contribution >= 4 is 0 Å². The number of hydrogen-bond acceptors (Lipinski definition) is 5. The Labute approximate surface area is 113 Å². The third-order valence-corrected chi connectivity index (χ3v) is 3.05. The largest absolute Gasteiger partial charge is 0.482 e. The monoisotopic (exact) mass is 281 g/mol. The molecule has 0 saturated carbocycles. The third-order valence-electron chi connectivity index (χ3n) is 3.05. The first kappa shape index (κ1) is 13.0.